The molecule has 1 spiro atoms. The minimum Gasteiger partial charge on any atom is -0.475 e. The molecule has 0 radical (unpaired) electrons. The fraction of sp³-hybridized carbons (Fsp3) is 0.667. The number of hydrogen-bond acceptors (Lipinski definition) is 6. The largest absolute Gasteiger partial charge is 0.490 e. The minimum absolute atomic E-state index is 0.0578. The van der Waals surface area contributed by atoms with Crippen molar-refractivity contribution in [3.8, 4) is 10.4 Å². The molecule has 1 aromatic heterocycles. The maximum Gasteiger partial charge on any atom is 0.490 e. The maximum atomic E-state index is 13.7. The summed E-state index contributed by atoms with van der Waals surface area (Å²) >= 11 is 1.74. The average molecular weight is 734 g/mol. The van der Waals surface area contributed by atoms with Gasteiger partial charge in [0.15, 0.2) is 0 Å². The molecule has 4 aliphatic rings. The predicted octanol–water partition coefficient (Wildman–Crippen LogP) is 8.94. The Labute approximate surface area is 304 Å². The van der Waals surface area contributed by atoms with Crippen LogP contribution < -0.4 is 0 Å². The highest BCUT2D eigenvalue weighted by molar-refractivity contribution is 7.13. The number of carboxylic acids is 1. The highest BCUT2D eigenvalue weighted by Gasteiger charge is 2.50. The normalized spacial score (nSPS) is 22.0. The molecule has 4 fully saturated rings. The van der Waals surface area contributed by atoms with Crippen LogP contribution in [0.25, 0.3) is 10.4 Å². The SMILES string of the molecule is CCCCC1CN(CC2CCCCC2)C(=O)OC12CCN(C1CCN(C(=O)c3c(C)cc(-c4cccs4)cc3C)CC1)CC2.O=C(O)C(F)(F)F. The van der Waals surface area contributed by atoms with Gasteiger partial charge in [-0.15, -0.1) is 11.3 Å². The number of carbonyl (C=O) groups excluding carboxylic acids is 2. The lowest BCUT2D eigenvalue weighted by Gasteiger charge is -2.52. The van der Waals surface area contributed by atoms with Crippen molar-refractivity contribution in [2.45, 2.75) is 116 Å². The molecule has 2 amide bonds. The van der Waals surface area contributed by atoms with E-state index in [0.717, 1.165) is 88.1 Å². The summed E-state index contributed by atoms with van der Waals surface area (Å²) in [5.41, 5.74) is 3.91. The average Bonchev–Trinajstić information content (AvgIpc) is 3.65. The van der Waals surface area contributed by atoms with Gasteiger partial charge in [-0.05, 0) is 92.1 Å². The van der Waals surface area contributed by atoms with E-state index in [9.17, 15) is 22.8 Å². The zero-order valence-corrected chi connectivity index (χ0v) is 31.1. The molecule has 1 unspecified atom stereocenters. The number of unbranched alkanes of at least 4 members (excludes halogenated alkanes) is 1. The highest BCUT2D eigenvalue weighted by Crippen LogP contribution is 2.42. The quantitative estimate of drug-likeness (QED) is 0.292. The van der Waals surface area contributed by atoms with Gasteiger partial charge >= 0.3 is 18.2 Å². The van der Waals surface area contributed by atoms with Gasteiger partial charge < -0.3 is 19.6 Å². The van der Waals surface area contributed by atoms with Gasteiger partial charge in [0.1, 0.15) is 5.60 Å². The minimum atomic E-state index is -5.08. The predicted molar refractivity (Wildman–Crippen MR) is 193 cm³/mol. The Balaban J connectivity index is 0.000000654. The van der Waals surface area contributed by atoms with E-state index >= 15 is 0 Å². The number of aryl methyl sites for hydroxylation is 2. The van der Waals surface area contributed by atoms with Crippen molar-refractivity contribution in [2.24, 2.45) is 11.8 Å². The third-order valence-electron chi connectivity index (χ3n) is 11.6. The number of rotatable bonds is 8. The fourth-order valence-electron chi connectivity index (χ4n) is 8.72. The van der Waals surface area contributed by atoms with Crippen molar-refractivity contribution < 1.29 is 37.4 Å². The topological polar surface area (TPSA) is 90.4 Å². The second kappa shape index (κ2) is 17.1. The van der Waals surface area contributed by atoms with Gasteiger partial charge in [-0.1, -0.05) is 45.1 Å². The number of piperidine rings is 2. The van der Waals surface area contributed by atoms with Crippen LogP contribution in [-0.2, 0) is 9.53 Å². The lowest BCUT2D eigenvalue weighted by atomic mass is 9.75. The summed E-state index contributed by atoms with van der Waals surface area (Å²) in [5, 5.41) is 9.23. The van der Waals surface area contributed by atoms with E-state index in [-0.39, 0.29) is 17.6 Å². The van der Waals surface area contributed by atoms with Gasteiger partial charge in [0.25, 0.3) is 5.91 Å². The number of ether oxygens (including phenoxy) is 1. The summed E-state index contributed by atoms with van der Waals surface area (Å²) in [7, 11) is 0. The molecule has 1 aromatic carbocycles. The van der Waals surface area contributed by atoms with Gasteiger partial charge in [-0.3, -0.25) is 9.69 Å². The van der Waals surface area contributed by atoms with Crippen LogP contribution in [0.2, 0.25) is 0 Å². The van der Waals surface area contributed by atoms with Crippen LogP contribution in [0, 0.1) is 25.7 Å². The number of carbonyl (C=O) groups is 3. The third kappa shape index (κ3) is 9.66. The second-order valence-electron chi connectivity index (χ2n) is 15.0. The van der Waals surface area contributed by atoms with Gasteiger partial charge in [0.2, 0.25) is 0 Å². The van der Waals surface area contributed by atoms with E-state index in [0.29, 0.717) is 17.9 Å². The number of likely N-dealkylation sites (tertiary alicyclic amines) is 2. The van der Waals surface area contributed by atoms with E-state index in [1.165, 1.54) is 55.4 Å². The molecule has 3 aliphatic heterocycles. The number of carboxylic acid groups (broad SMARTS) is 1. The first-order chi connectivity index (χ1) is 24.3. The Hall–Kier alpha value is -3.12. The van der Waals surface area contributed by atoms with E-state index in [1.54, 1.807) is 11.3 Å². The molecule has 1 atom stereocenters. The first-order valence-electron chi connectivity index (χ1n) is 18.8. The maximum absolute atomic E-state index is 13.7. The number of benzene rings is 1. The molecule has 8 nitrogen and oxygen atoms in total. The zero-order chi connectivity index (χ0) is 36.8. The molecular formula is C39H54F3N3O5S. The lowest BCUT2D eigenvalue weighted by Crippen LogP contribution is -2.61. The number of aliphatic carboxylic acids is 1. The number of thiophene rings is 1. The van der Waals surface area contributed by atoms with Crippen LogP contribution in [0.5, 0.6) is 0 Å². The van der Waals surface area contributed by atoms with Crippen LogP contribution in [0.4, 0.5) is 18.0 Å². The zero-order valence-electron chi connectivity index (χ0n) is 30.3. The molecular weight excluding hydrogens is 680 g/mol. The Morgan fingerprint density at radius 2 is 1.63 bits per heavy atom. The summed E-state index contributed by atoms with van der Waals surface area (Å²) in [6.07, 6.45) is 8.79. The van der Waals surface area contributed by atoms with Crippen LogP contribution in [0.3, 0.4) is 0 Å². The Bertz CT molecular complexity index is 1450. The Kier molecular flexibility index (Phi) is 13.1. The van der Waals surface area contributed by atoms with E-state index < -0.39 is 12.1 Å². The molecule has 282 valence electrons. The summed E-state index contributed by atoms with van der Waals surface area (Å²) in [6, 6.07) is 9.06. The molecule has 6 rings (SSSR count). The van der Waals surface area contributed by atoms with E-state index in [4.69, 9.17) is 14.6 Å². The number of halogens is 3. The van der Waals surface area contributed by atoms with Crippen LogP contribution in [0.1, 0.15) is 105 Å². The van der Waals surface area contributed by atoms with Crippen molar-refractivity contribution >= 4 is 29.3 Å². The van der Waals surface area contributed by atoms with Crippen LogP contribution in [0.15, 0.2) is 29.6 Å². The standard InChI is InChI=1S/C37H53N3O3S.C2HF3O2/c1-4-5-12-31-26-40(25-29-10-7-6-8-11-29)36(42)43-37(31)16-20-38(21-17-37)32-14-18-39(19-15-32)35(41)34-27(2)23-30(24-28(34)3)33-13-9-22-44-33;3-2(4,5)1(6)7/h9,13,22-24,29,31-32H,4-8,10-12,14-21,25-26H2,1-3H3;(H,6,7). The molecule has 3 saturated heterocycles. The molecule has 0 bridgehead atoms. The lowest BCUT2D eigenvalue weighted by molar-refractivity contribution is -0.192. The summed E-state index contributed by atoms with van der Waals surface area (Å²) in [5.74, 6) is -1.50. The number of nitrogens with zero attached hydrogens (tertiary/aromatic N) is 3. The van der Waals surface area contributed by atoms with Gasteiger partial charge in [-0.25, -0.2) is 9.59 Å². The van der Waals surface area contributed by atoms with Gasteiger partial charge in [0.05, 0.1) is 0 Å². The molecule has 1 saturated carbocycles. The molecule has 51 heavy (non-hydrogen) atoms. The molecule has 12 heteroatoms. The highest BCUT2D eigenvalue weighted by atomic mass is 32.1. The molecule has 4 heterocycles. The Morgan fingerprint density at radius 3 is 2.18 bits per heavy atom. The second-order valence-corrected chi connectivity index (χ2v) is 16.0. The van der Waals surface area contributed by atoms with Crippen LogP contribution >= 0.6 is 11.3 Å². The van der Waals surface area contributed by atoms with Gasteiger partial charge in [-0.2, -0.15) is 13.2 Å². The Morgan fingerprint density at radius 1 is 1.00 bits per heavy atom. The van der Waals surface area contributed by atoms with Crippen molar-refractivity contribution in [1.82, 2.24) is 14.7 Å². The summed E-state index contributed by atoms with van der Waals surface area (Å²) in [6.45, 7) is 11.8. The first-order valence-corrected chi connectivity index (χ1v) is 19.7. The smallest absolute Gasteiger partial charge is 0.475 e. The van der Waals surface area contributed by atoms with Crippen molar-refractivity contribution in [1.29, 1.82) is 0 Å². The van der Waals surface area contributed by atoms with Crippen molar-refractivity contribution in [3.63, 3.8) is 0 Å². The number of amides is 2. The number of hydrogen-bond donors (Lipinski definition) is 1. The monoisotopic (exact) mass is 733 g/mol. The third-order valence-corrected chi connectivity index (χ3v) is 12.5. The first kappa shape index (κ1) is 39.1. The van der Waals surface area contributed by atoms with E-state index in [1.807, 2.05) is 0 Å². The van der Waals surface area contributed by atoms with Crippen LogP contribution in [-0.4, -0.2) is 94.9 Å². The fourth-order valence-corrected chi connectivity index (χ4v) is 9.43. The van der Waals surface area contributed by atoms with Crippen molar-refractivity contribution in [3.05, 3.63) is 46.3 Å². The molecule has 1 aliphatic carbocycles. The molecule has 2 aromatic rings. The summed E-state index contributed by atoms with van der Waals surface area (Å²) < 4.78 is 38.2. The number of alkyl halides is 3. The molecule has 1 N–H and O–H groups in total. The van der Waals surface area contributed by atoms with Crippen molar-refractivity contribution in [2.75, 3.05) is 39.3 Å². The summed E-state index contributed by atoms with van der Waals surface area (Å²) in [4.78, 5) is 44.0. The van der Waals surface area contributed by atoms with E-state index in [2.05, 4.69) is 65.1 Å². The van der Waals surface area contributed by atoms with Gasteiger partial charge in [0, 0.05) is 74.5 Å².